The van der Waals surface area contributed by atoms with Crippen LogP contribution in [-0.2, 0) is 27.2 Å². The number of methoxy groups -OCH3 is 2. The van der Waals surface area contributed by atoms with Crippen LogP contribution in [0.25, 0.3) is 0 Å². The van der Waals surface area contributed by atoms with Gasteiger partial charge >= 0.3 is 12.1 Å². The van der Waals surface area contributed by atoms with E-state index in [-0.39, 0.29) is 24.1 Å². The molecule has 4 rings (SSSR count). The first-order valence-corrected chi connectivity index (χ1v) is 12.7. The van der Waals surface area contributed by atoms with E-state index in [9.17, 15) is 14.4 Å². The summed E-state index contributed by atoms with van der Waals surface area (Å²) in [7, 11) is 2.90. The van der Waals surface area contributed by atoms with Crippen LogP contribution in [0.3, 0.4) is 0 Å². The van der Waals surface area contributed by atoms with E-state index in [4.69, 9.17) is 19.1 Å². The van der Waals surface area contributed by atoms with Crippen molar-refractivity contribution in [3.05, 3.63) is 136 Å². The minimum atomic E-state index is -0.437. The number of hydrogen-bond donors (Lipinski definition) is 0. The molecule has 0 saturated heterocycles. The molecule has 7 nitrogen and oxygen atoms in total. The predicted octanol–water partition coefficient (Wildman–Crippen LogP) is 6.05. The summed E-state index contributed by atoms with van der Waals surface area (Å²) in [5.74, 6) is 0.376. The van der Waals surface area contributed by atoms with E-state index in [2.05, 4.69) is 0 Å². The first-order chi connectivity index (χ1) is 19.7. The molecule has 0 radical (unpaired) electrons. The van der Waals surface area contributed by atoms with Gasteiger partial charge in [-0.3, -0.25) is 9.59 Å². The highest BCUT2D eigenvalue weighted by Crippen LogP contribution is 2.16. The molecule has 4 aromatic rings. The van der Waals surface area contributed by atoms with Gasteiger partial charge in [-0.15, -0.1) is 0 Å². The zero-order valence-corrected chi connectivity index (χ0v) is 23.5. The number of carbonyl (C=O) groups is 3. The monoisotopic (exact) mass is 552 g/mol. The Kier molecular flexibility index (Phi) is 13.1. The van der Waals surface area contributed by atoms with Gasteiger partial charge in [0.2, 0.25) is 0 Å². The summed E-state index contributed by atoms with van der Waals surface area (Å²) in [6.45, 7) is 4.05. The average molecular weight is 553 g/mol. The maximum Gasteiger partial charge on any atom is 0.373 e. The summed E-state index contributed by atoms with van der Waals surface area (Å²) in [4.78, 5) is 52.3. The number of ether oxygens (including phenoxy) is 2. The van der Waals surface area contributed by atoms with E-state index in [1.54, 1.807) is 55.6 Å². The van der Waals surface area contributed by atoms with Crippen molar-refractivity contribution >= 4 is 23.7 Å². The fourth-order valence-corrected chi connectivity index (χ4v) is 3.85. The topological polar surface area (TPSA) is 104 Å². The molecule has 0 spiro atoms. The zero-order valence-electron chi connectivity index (χ0n) is 23.5. The van der Waals surface area contributed by atoms with Crippen LogP contribution in [-0.4, -0.2) is 37.9 Å². The number of ketones is 2. The smallest absolute Gasteiger partial charge is 0.373 e. The lowest BCUT2D eigenvalue weighted by atomic mass is 9.99. The van der Waals surface area contributed by atoms with Gasteiger partial charge in [-0.05, 0) is 61.4 Å². The van der Waals surface area contributed by atoms with E-state index >= 15 is 0 Å². The average Bonchev–Trinajstić information content (AvgIpc) is 2.99. The van der Waals surface area contributed by atoms with Crippen LogP contribution in [0.1, 0.15) is 53.3 Å². The Labute approximate surface area is 239 Å². The van der Waals surface area contributed by atoms with Crippen molar-refractivity contribution in [1.29, 1.82) is 0 Å². The Hall–Kier alpha value is -5.13. The van der Waals surface area contributed by atoms with Crippen molar-refractivity contribution in [3.63, 3.8) is 0 Å². The molecule has 0 aliphatic rings. The maximum absolute atomic E-state index is 12.3. The largest absolute Gasteiger partial charge is 0.497 e. The molecule has 4 aromatic carbocycles. The van der Waals surface area contributed by atoms with Crippen molar-refractivity contribution in [2.45, 2.75) is 26.7 Å². The molecular formula is C34H32O7. The fourth-order valence-electron chi connectivity index (χ4n) is 3.85. The van der Waals surface area contributed by atoms with Crippen molar-refractivity contribution in [1.82, 2.24) is 0 Å². The van der Waals surface area contributed by atoms with E-state index in [0.29, 0.717) is 28.9 Å². The molecule has 0 heterocycles. The van der Waals surface area contributed by atoms with Crippen LogP contribution in [0, 0.1) is 13.8 Å². The van der Waals surface area contributed by atoms with Gasteiger partial charge in [-0.1, -0.05) is 71.8 Å². The Morgan fingerprint density at radius 1 is 0.659 bits per heavy atom. The van der Waals surface area contributed by atoms with Gasteiger partial charge in [-0.2, -0.15) is 9.59 Å². The SMILES string of the molecule is COC(=O)c1ccccc1CC(=O)c1ccc(OC)cc1.Cc1ccc(CC(=O)c2cccc(C)c2)cc1.O=C=O. The molecule has 0 atom stereocenters. The molecule has 0 unspecified atom stereocenters. The molecule has 7 heteroatoms. The highest BCUT2D eigenvalue weighted by molar-refractivity contribution is 6.00. The van der Waals surface area contributed by atoms with Crippen LogP contribution < -0.4 is 4.74 Å². The Bertz CT molecular complexity index is 1480. The Balaban J connectivity index is 0.000000266. The molecular weight excluding hydrogens is 520 g/mol. The summed E-state index contributed by atoms with van der Waals surface area (Å²) in [5.41, 5.74) is 5.87. The molecule has 0 aliphatic carbocycles. The summed E-state index contributed by atoms with van der Waals surface area (Å²) in [5, 5.41) is 0. The summed E-state index contributed by atoms with van der Waals surface area (Å²) in [6, 6.07) is 29.7. The lowest BCUT2D eigenvalue weighted by Crippen LogP contribution is -2.10. The lowest BCUT2D eigenvalue weighted by Gasteiger charge is -2.07. The normalized spacial score (nSPS) is 9.56. The van der Waals surface area contributed by atoms with Crippen LogP contribution in [0.2, 0.25) is 0 Å². The van der Waals surface area contributed by atoms with Crippen LogP contribution in [0.4, 0.5) is 0 Å². The molecule has 0 bridgehead atoms. The van der Waals surface area contributed by atoms with Crippen molar-refractivity contribution in [3.8, 4) is 5.75 Å². The number of carbonyl (C=O) groups excluding carboxylic acids is 5. The predicted molar refractivity (Wildman–Crippen MR) is 154 cm³/mol. The van der Waals surface area contributed by atoms with Crippen LogP contribution in [0.5, 0.6) is 5.75 Å². The van der Waals surface area contributed by atoms with Gasteiger partial charge in [0.05, 0.1) is 19.8 Å². The first kappa shape index (κ1) is 32.1. The van der Waals surface area contributed by atoms with Gasteiger partial charge in [0.1, 0.15) is 5.75 Å². The molecule has 0 N–H and O–H groups in total. The Morgan fingerprint density at radius 2 is 1.27 bits per heavy atom. The number of benzene rings is 4. The van der Waals surface area contributed by atoms with Crippen molar-refractivity contribution in [2.75, 3.05) is 14.2 Å². The van der Waals surface area contributed by atoms with Gasteiger partial charge in [0.25, 0.3) is 0 Å². The second-order valence-corrected chi connectivity index (χ2v) is 9.02. The molecule has 0 saturated carbocycles. The number of rotatable bonds is 8. The van der Waals surface area contributed by atoms with Gasteiger partial charge in [-0.25, -0.2) is 4.79 Å². The summed E-state index contributed by atoms with van der Waals surface area (Å²) < 4.78 is 9.79. The van der Waals surface area contributed by atoms with Crippen LogP contribution in [0.15, 0.2) is 97.1 Å². The maximum atomic E-state index is 12.3. The third-order valence-electron chi connectivity index (χ3n) is 6.01. The second-order valence-electron chi connectivity index (χ2n) is 9.02. The Morgan fingerprint density at radius 3 is 1.85 bits per heavy atom. The molecule has 210 valence electrons. The zero-order chi connectivity index (χ0) is 30.2. The van der Waals surface area contributed by atoms with Gasteiger partial charge in [0.15, 0.2) is 11.6 Å². The number of hydrogen-bond acceptors (Lipinski definition) is 7. The fraction of sp³-hybridized carbons (Fsp3) is 0.176. The van der Waals surface area contributed by atoms with E-state index < -0.39 is 5.97 Å². The molecule has 0 aromatic heterocycles. The minimum Gasteiger partial charge on any atom is -0.497 e. The second kappa shape index (κ2) is 16.7. The lowest BCUT2D eigenvalue weighted by molar-refractivity contribution is -0.191. The van der Waals surface area contributed by atoms with Crippen molar-refractivity contribution in [2.24, 2.45) is 0 Å². The number of Topliss-reactive ketones (excluding diaryl/α,β-unsaturated/α-hetero) is 2. The third-order valence-corrected chi connectivity index (χ3v) is 6.01. The number of esters is 1. The van der Waals surface area contributed by atoms with E-state index in [1.165, 1.54) is 12.7 Å². The third kappa shape index (κ3) is 10.5. The standard InChI is InChI=1S/C17H16O4.C16H16O.CO2/c1-20-14-9-7-12(8-10-14)16(18)11-13-5-3-4-6-15(13)17(19)21-2;1-12-6-8-14(9-7-12)11-16(17)15-5-3-4-13(2)10-15;2-1-3/h3-10H,11H2,1-2H3;3-10H,11H2,1-2H3;. The van der Waals surface area contributed by atoms with Crippen molar-refractivity contribution < 1.29 is 33.4 Å². The summed E-state index contributed by atoms with van der Waals surface area (Å²) >= 11 is 0. The summed E-state index contributed by atoms with van der Waals surface area (Å²) in [6.07, 6.45) is 0.876. The van der Waals surface area contributed by atoms with E-state index in [0.717, 1.165) is 16.7 Å². The van der Waals surface area contributed by atoms with Crippen LogP contribution >= 0.6 is 0 Å². The molecule has 0 aliphatic heterocycles. The number of aryl methyl sites for hydroxylation is 2. The molecule has 0 amide bonds. The quantitative estimate of drug-likeness (QED) is 0.194. The van der Waals surface area contributed by atoms with E-state index in [1.807, 2.05) is 62.4 Å². The molecule has 41 heavy (non-hydrogen) atoms. The van der Waals surface area contributed by atoms with Gasteiger partial charge < -0.3 is 9.47 Å². The highest BCUT2D eigenvalue weighted by atomic mass is 16.5. The highest BCUT2D eigenvalue weighted by Gasteiger charge is 2.15. The first-order valence-electron chi connectivity index (χ1n) is 12.7. The molecule has 0 fully saturated rings. The van der Waals surface area contributed by atoms with Gasteiger partial charge in [0, 0.05) is 24.0 Å². The minimum absolute atomic E-state index is 0.0611.